The largest absolute Gasteiger partial charge is 0.379 e. The van der Waals surface area contributed by atoms with Crippen molar-refractivity contribution in [2.45, 2.75) is 9.92 Å². The van der Waals surface area contributed by atoms with Crippen molar-refractivity contribution in [3.8, 4) is 0 Å². The van der Waals surface area contributed by atoms with Gasteiger partial charge in [-0.15, -0.1) is 0 Å². The van der Waals surface area contributed by atoms with Crippen LogP contribution in [0.4, 0.5) is 0 Å². The van der Waals surface area contributed by atoms with Crippen molar-refractivity contribution in [3.05, 3.63) is 54.2 Å². The Balaban J connectivity index is 1.34. The van der Waals surface area contributed by atoms with Gasteiger partial charge in [-0.2, -0.15) is 17.0 Å². The van der Waals surface area contributed by atoms with Gasteiger partial charge < -0.3 is 9.64 Å². The van der Waals surface area contributed by atoms with Gasteiger partial charge in [0.05, 0.1) is 13.2 Å². The first-order valence-electron chi connectivity index (χ1n) is 9.85. The van der Waals surface area contributed by atoms with E-state index in [0.29, 0.717) is 58.0 Å². The van der Waals surface area contributed by atoms with Crippen molar-refractivity contribution < 1.29 is 17.9 Å². The van der Waals surface area contributed by atoms with E-state index in [1.807, 2.05) is 42.5 Å². The monoisotopic (exact) mass is 448 g/mol. The molecule has 10 heteroatoms. The quantitative estimate of drug-likeness (QED) is 0.691. The van der Waals surface area contributed by atoms with Crippen molar-refractivity contribution in [3.63, 3.8) is 0 Å². The van der Waals surface area contributed by atoms with Crippen LogP contribution in [-0.4, -0.2) is 85.3 Å². The van der Waals surface area contributed by atoms with Gasteiger partial charge in [0, 0.05) is 55.9 Å². The van der Waals surface area contributed by atoms with Crippen LogP contribution in [0.5, 0.6) is 0 Å². The number of benzene rings is 1. The molecule has 1 aromatic carbocycles. The number of piperazine rings is 1. The van der Waals surface area contributed by atoms with Crippen LogP contribution in [0.25, 0.3) is 0 Å². The third kappa shape index (κ3) is 4.84. The van der Waals surface area contributed by atoms with Crippen LogP contribution >= 0.6 is 11.8 Å². The summed E-state index contributed by atoms with van der Waals surface area (Å²) in [5.74, 6) is -0.0761. The molecule has 0 radical (unpaired) electrons. The molecular formula is C20H24N4O4S2. The number of carbonyl (C=O) groups excluding carboxylic acids is 1. The lowest BCUT2D eigenvalue weighted by Gasteiger charge is -2.37. The van der Waals surface area contributed by atoms with E-state index in [0.717, 1.165) is 9.92 Å². The normalized spacial score (nSPS) is 19.0. The molecule has 30 heavy (non-hydrogen) atoms. The number of carbonyl (C=O) groups is 1. The first kappa shape index (κ1) is 21.3. The summed E-state index contributed by atoms with van der Waals surface area (Å²) in [7, 11) is -3.49. The molecule has 1 amide bonds. The Labute approximate surface area is 181 Å². The third-order valence-corrected chi connectivity index (χ3v) is 8.10. The smallest absolute Gasteiger partial charge is 0.282 e. The summed E-state index contributed by atoms with van der Waals surface area (Å²) in [6.45, 7) is 2.98. The first-order valence-corrected chi connectivity index (χ1v) is 12.1. The van der Waals surface area contributed by atoms with E-state index >= 15 is 0 Å². The molecule has 0 bridgehead atoms. The second-order valence-electron chi connectivity index (χ2n) is 7.00. The zero-order valence-electron chi connectivity index (χ0n) is 16.5. The molecule has 2 saturated heterocycles. The molecule has 2 aliphatic heterocycles. The minimum atomic E-state index is -3.49. The van der Waals surface area contributed by atoms with Gasteiger partial charge in [0.15, 0.2) is 0 Å². The number of rotatable bonds is 5. The van der Waals surface area contributed by atoms with Gasteiger partial charge in [0.1, 0.15) is 5.03 Å². The summed E-state index contributed by atoms with van der Waals surface area (Å²) in [5, 5.41) is 0.897. The topological polar surface area (TPSA) is 83.1 Å². The highest BCUT2D eigenvalue weighted by Crippen LogP contribution is 2.26. The van der Waals surface area contributed by atoms with Gasteiger partial charge in [0.2, 0.25) is 0 Å². The Bertz CT molecular complexity index is 956. The first-order chi connectivity index (χ1) is 14.5. The second kappa shape index (κ2) is 9.44. The number of hydrogen-bond donors (Lipinski definition) is 0. The van der Waals surface area contributed by atoms with E-state index < -0.39 is 10.2 Å². The fourth-order valence-corrected chi connectivity index (χ4v) is 5.77. The Morgan fingerprint density at radius 1 is 0.900 bits per heavy atom. The van der Waals surface area contributed by atoms with Crippen LogP contribution in [0.1, 0.15) is 10.4 Å². The van der Waals surface area contributed by atoms with E-state index in [-0.39, 0.29) is 5.91 Å². The SMILES string of the molecule is O=C(c1ccc(Sc2ccccn2)cc1)N1CCN(S(=O)(=O)N2CCOCC2)CC1. The molecule has 0 unspecified atom stereocenters. The number of hydrogen-bond acceptors (Lipinski definition) is 6. The van der Waals surface area contributed by atoms with E-state index in [1.165, 1.54) is 20.4 Å². The number of nitrogens with zero attached hydrogens (tertiary/aromatic N) is 4. The number of pyridine rings is 1. The van der Waals surface area contributed by atoms with Crippen LogP contribution in [0.15, 0.2) is 58.6 Å². The van der Waals surface area contributed by atoms with Crippen molar-refractivity contribution in [2.24, 2.45) is 0 Å². The molecule has 0 spiro atoms. The van der Waals surface area contributed by atoms with Gasteiger partial charge in [-0.3, -0.25) is 4.79 Å². The van der Waals surface area contributed by atoms with E-state index in [1.54, 1.807) is 11.1 Å². The predicted molar refractivity (Wildman–Crippen MR) is 114 cm³/mol. The molecule has 8 nitrogen and oxygen atoms in total. The van der Waals surface area contributed by atoms with Crippen LogP contribution < -0.4 is 0 Å². The minimum absolute atomic E-state index is 0.0761. The van der Waals surface area contributed by atoms with Crippen molar-refractivity contribution in [2.75, 3.05) is 52.5 Å². The van der Waals surface area contributed by atoms with Crippen LogP contribution in [0, 0.1) is 0 Å². The van der Waals surface area contributed by atoms with Crippen LogP contribution in [0.2, 0.25) is 0 Å². The van der Waals surface area contributed by atoms with Crippen molar-refractivity contribution in [1.29, 1.82) is 0 Å². The van der Waals surface area contributed by atoms with Crippen LogP contribution in [-0.2, 0) is 14.9 Å². The van der Waals surface area contributed by atoms with Crippen LogP contribution in [0.3, 0.4) is 0 Å². The molecule has 1 aromatic heterocycles. The third-order valence-electron chi connectivity index (χ3n) is 5.11. The van der Waals surface area contributed by atoms with Gasteiger partial charge in [0.25, 0.3) is 16.1 Å². The lowest BCUT2D eigenvalue weighted by Crippen LogP contribution is -2.55. The maximum atomic E-state index is 12.8. The fraction of sp³-hybridized carbons (Fsp3) is 0.400. The summed E-state index contributed by atoms with van der Waals surface area (Å²) in [6, 6.07) is 13.2. The molecule has 4 rings (SSSR count). The Morgan fingerprint density at radius 3 is 2.20 bits per heavy atom. The molecule has 0 aliphatic carbocycles. The summed E-state index contributed by atoms with van der Waals surface area (Å²) in [6.07, 6.45) is 1.75. The average molecular weight is 449 g/mol. The Morgan fingerprint density at radius 2 is 1.57 bits per heavy atom. The lowest BCUT2D eigenvalue weighted by molar-refractivity contribution is 0.0636. The average Bonchev–Trinajstić information content (AvgIpc) is 2.80. The van der Waals surface area contributed by atoms with Crippen molar-refractivity contribution >= 4 is 27.9 Å². The summed E-state index contributed by atoms with van der Waals surface area (Å²) in [4.78, 5) is 19.8. The van der Waals surface area contributed by atoms with Gasteiger partial charge in [-0.05, 0) is 36.4 Å². The zero-order valence-corrected chi connectivity index (χ0v) is 18.1. The van der Waals surface area contributed by atoms with E-state index in [2.05, 4.69) is 4.98 Å². The minimum Gasteiger partial charge on any atom is -0.379 e. The summed E-state index contributed by atoms with van der Waals surface area (Å²) in [5.41, 5.74) is 0.602. The standard InChI is InChI=1S/C20H24N4O4S2/c25-20(17-4-6-18(7-5-17)29-19-3-1-2-8-21-19)22-9-11-23(12-10-22)30(26,27)24-13-15-28-16-14-24/h1-8H,9-16H2. The second-order valence-corrected chi connectivity index (χ2v) is 10.0. The maximum Gasteiger partial charge on any atom is 0.282 e. The van der Waals surface area contributed by atoms with E-state index in [9.17, 15) is 13.2 Å². The van der Waals surface area contributed by atoms with Gasteiger partial charge >= 0.3 is 0 Å². The number of amides is 1. The maximum absolute atomic E-state index is 12.8. The highest BCUT2D eigenvalue weighted by atomic mass is 32.2. The lowest BCUT2D eigenvalue weighted by atomic mass is 10.2. The molecule has 0 saturated carbocycles. The molecule has 3 heterocycles. The van der Waals surface area contributed by atoms with E-state index in [4.69, 9.17) is 4.74 Å². The molecular weight excluding hydrogens is 424 g/mol. The zero-order chi connectivity index (χ0) is 21.0. The highest BCUT2D eigenvalue weighted by Gasteiger charge is 2.34. The Hall–Kier alpha value is -1.98. The molecule has 2 aromatic rings. The number of ether oxygens (including phenoxy) is 1. The number of aromatic nitrogens is 1. The summed E-state index contributed by atoms with van der Waals surface area (Å²) >= 11 is 1.54. The Kier molecular flexibility index (Phi) is 6.69. The molecule has 0 atom stereocenters. The summed E-state index contributed by atoms with van der Waals surface area (Å²) < 4.78 is 33.7. The van der Waals surface area contributed by atoms with Gasteiger partial charge in [-0.1, -0.05) is 17.8 Å². The predicted octanol–water partition coefficient (Wildman–Crippen LogP) is 1.57. The van der Waals surface area contributed by atoms with Crippen molar-refractivity contribution in [1.82, 2.24) is 18.5 Å². The number of morpholine rings is 1. The van der Waals surface area contributed by atoms with Gasteiger partial charge in [-0.25, -0.2) is 4.98 Å². The molecule has 160 valence electrons. The molecule has 0 N–H and O–H groups in total. The molecule has 2 aliphatic rings. The molecule has 2 fully saturated rings. The highest BCUT2D eigenvalue weighted by molar-refractivity contribution is 7.99. The fourth-order valence-electron chi connectivity index (χ4n) is 3.44.